The molecule has 0 amide bonds. The topological polar surface area (TPSA) is 69.7 Å². The highest BCUT2D eigenvalue weighted by Crippen LogP contribution is 2.22. The maximum Gasteiger partial charge on any atom is 0.313 e. The van der Waals surface area contributed by atoms with Gasteiger partial charge in [0, 0.05) is 11.0 Å². The molecule has 0 aliphatic heterocycles. The summed E-state index contributed by atoms with van der Waals surface area (Å²) in [5, 5.41) is 0. The third kappa shape index (κ3) is 6.08. The Morgan fingerprint density at radius 3 is 2.09 bits per heavy atom. The van der Waals surface area contributed by atoms with Gasteiger partial charge in [-0.2, -0.15) is 0 Å². The maximum absolute atomic E-state index is 12.1. The first-order valence-electron chi connectivity index (χ1n) is 7.13. The summed E-state index contributed by atoms with van der Waals surface area (Å²) < 4.78 is 10.3. The summed E-state index contributed by atoms with van der Waals surface area (Å²) in [4.78, 5) is 33.9. The Bertz CT molecular complexity index is 537. The van der Waals surface area contributed by atoms with E-state index in [2.05, 4.69) is 0 Å². The molecule has 0 bridgehead atoms. The largest absolute Gasteiger partial charge is 0.490 e. The fourth-order valence-electron chi connectivity index (χ4n) is 1.70. The molecular weight excluding hydrogens is 284 g/mol. The number of ketones is 2. The van der Waals surface area contributed by atoms with E-state index in [4.69, 9.17) is 9.47 Å². The van der Waals surface area contributed by atoms with Gasteiger partial charge in [0.2, 0.25) is 0 Å². The lowest BCUT2D eigenvalue weighted by atomic mass is 9.86. The number of Topliss-reactive ketones (excluding diaryl/α,β-unsaturated/α-hetero) is 2. The Morgan fingerprint density at radius 2 is 1.59 bits per heavy atom. The van der Waals surface area contributed by atoms with Gasteiger partial charge in [-0.05, 0) is 31.2 Å². The van der Waals surface area contributed by atoms with E-state index in [0.717, 1.165) is 0 Å². The second-order valence-corrected chi connectivity index (χ2v) is 6.05. The Hall–Kier alpha value is -2.17. The third-order valence-corrected chi connectivity index (χ3v) is 2.81. The predicted octanol–water partition coefficient (Wildman–Crippen LogP) is 2.82. The molecule has 0 radical (unpaired) electrons. The fourth-order valence-corrected chi connectivity index (χ4v) is 1.70. The summed E-state index contributed by atoms with van der Waals surface area (Å²) >= 11 is 0. The molecule has 0 aliphatic rings. The molecule has 0 aliphatic carbocycles. The molecule has 0 N–H and O–H groups in total. The van der Waals surface area contributed by atoms with Crippen molar-refractivity contribution in [3.05, 3.63) is 29.8 Å². The minimum absolute atomic E-state index is 0.0669. The number of carbonyl (C=O) groups is 3. The summed E-state index contributed by atoms with van der Waals surface area (Å²) in [6.45, 7) is 7.21. The standard InChI is InChI=1S/C17H22O5/c1-12(18)11-15(19)22-10-9-21-14-7-5-13(6-8-14)16(20)17(2,3)4/h5-8H,9-11H2,1-4H3. The van der Waals surface area contributed by atoms with Gasteiger partial charge in [0.25, 0.3) is 0 Å². The predicted molar refractivity (Wildman–Crippen MR) is 82.0 cm³/mol. The minimum Gasteiger partial charge on any atom is -0.490 e. The van der Waals surface area contributed by atoms with E-state index in [1.165, 1.54) is 6.92 Å². The zero-order valence-corrected chi connectivity index (χ0v) is 13.5. The van der Waals surface area contributed by atoms with Gasteiger partial charge in [-0.3, -0.25) is 14.4 Å². The number of esters is 1. The first kappa shape index (κ1) is 17.9. The number of benzene rings is 1. The number of hydrogen-bond acceptors (Lipinski definition) is 5. The number of hydrogen-bond donors (Lipinski definition) is 0. The quantitative estimate of drug-likeness (QED) is 0.335. The third-order valence-electron chi connectivity index (χ3n) is 2.81. The highest BCUT2D eigenvalue weighted by Gasteiger charge is 2.22. The van der Waals surface area contributed by atoms with E-state index in [1.807, 2.05) is 20.8 Å². The molecule has 0 unspecified atom stereocenters. The summed E-state index contributed by atoms with van der Waals surface area (Å²) in [5.74, 6) is -0.127. The van der Waals surface area contributed by atoms with Gasteiger partial charge in [-0.1, -0.05) is 20.8 Å². The van der Waals surface area contributed by atoms with Crippen LogP contribution in [-0.2, 0) is 14.3 Å². The zero-order chi connectivity index (χ0) is 16.8. The molecule has 0 fully saturated rings. The van der Waals surface area contributed by atoms with Crippen LogP contribution in [0.5, 0.6) is 5.75 Å². The second kappa shape index (κ2) is 7.73. The average Bonchev–Trinajstić information content (AvgIpc) is 2.42. The van der Waals surface area contributed by atoms with Gasteiger partial charge in [0.1, 0.15) is 31.2 Å². The first-order valence-corrected chi connectivity index (χ1v) is 7.13. The summed E-state index contributed by atoms with van der Waals surface area (Å²) in [5.41, 5.74) is 0.209. The van der Waals surface area contributed by atoms with E-state index in [-0.39, 0.29) is 31.2 Å². The Labute approximate surface area is 130 Å². The van der Waals surface area contributed by atoms with Crippen LogP contribution in [0.15, 0.2) is 24.3 Å². The van der Waals surface area contributed by atoms with Gasteiger partial charge in [-0.15, -0.1) is 0 Å². The molecule has 0 heterocycles. The number of carbonyl (C=O) groups excluding carboxylic acids is 3. The second-order valence-electron chi connectivity index (χ2n) is 6.05. The lowest BCUT2D eigenvalue weighted by Gasteiger charge is -2.16. The molecule has 0 saturated heterocycles. The van der Waals surface area contributed by atoms with Crippen LogP contribution in [0.25, 0.3) is 0 Å². The van der Waals surface area contributed by atoms with Gasteiger partial charge in [0.15, 0.2) is 5.78 Å². The molecule has 5 heteroatoms. The number of rotatable bonds is 7. The van der Waals surface area contributed by atoms with Crippen molar-refractivity contribution in [1.82, 2.24) is 0 Å². The van der Waals surface area contributed by atoms with Crippen molar-refractivity contribution in [3.63, 3.8) is 0 Å². The molecule has 1 aromatic rings. The van der Waals surface area contributed by atoms with Crippen molar-refractivity contribution < 1.29 is 23.9 Å². The lowest BCUT2D eigenvalue weighted by Crippen LogP contribution is -2.20. The van der Waals surface area contributed by atoms with Crippen LogP contribution in [0.1, 0.15) is 44.5 Å². The molecule has 1 aromatic carbocycles. The average molecular weight is 306 g/mol. The van der Waals surface area contributed by atoms with E-state index in [9.17, 15) is 14.4 Å². The highest BCUT2D eigenvalue weighted by molar-refractivity contribution is 5.99. The molecule has 1 rings (SSSR count). The smallest absolute Gasteiger partial charge is 0.313 e. The van der Waals surface area contributed by atoms with Crippen molar-refractivity contribution in [2.45, 2.75) is 34.1 Å². The van der Waals surface area contributed by atoms with Crippen molar-refractivity contribution in [2.75, 3.05) is 13.2 Å². The maximum atomic E-state index is 12.1. The molecule has 120 valence electrons. The molecule has 0 atom stereocenters. The van der Waals surface area contributed by atoms with Crippen LogP contribution in [-0.4, -0.2) is 30.7 Å². The van der Waals surface area contributed by atoms with Crippen LogP contribution >= 0.6 is 0 Å². The van der Waals surface area contributed by atoms with Crippen LogP contribution in [0.4, 0.5) is 0 Å². The van der Waals surface area contributed by atoms with Crippen molar-refractivity contribution in [2.24, 2.45) is 5.41 Å². The highest BCUT2D eigenvalue weighted by atomic mass is 16.6. The van der Waals surface area contributed by atoms with Gasteiger partial charge < -0.3 is 9.47 Å². The lowest BCUT2D eigenvalue weighted by molar-refractivity contribution is -0.146. The molecular formula is C17H22O5. The van der Waals surface area contributed by atoms with E-state index < -0.39 is 11.4 Å². The van der Waals surface area contributed by atoms with Crippen molar-refractivity contribution >= 4 is 17.5 Å². The Balaban J connectivity index is 2.41. The Kier molecular flexibility index (Phi) is 6.28. The molecule has 0 spiro atoms. The monoisotopic (exact) mass is 306 g/mol. The van der Waals surface area contributed by atoms with Gasteiger partial charge in [0.05, 0.1) is 0 Å². The SMILES string of the molecule is CC(=O)CC(=O)OCCOc1ccc(C(=O)C(C)(C)C)cc1. The van der Waals surface area contributed by atoms with Crippen LogP contribution in [0, 0.1) is 5.41 Å². The summed E-state index contributed by atoms with van der Waals surface area (Å²) in [7, 11) is 0. The van der Waals surface area contributed by atoms with Gasteiger partial charge >= 0.3 is 5.97 Å². The number of ether oxygens (including phenoxy) is 2. The van der Waals surface area contributed by atoms with Crippen molar-refractivity contribution in [1.29, 1.82) is 0 Å². The molecule has 0 aromatic heterocycles. The molecule has 0 saturated carbocycles. The zero-order valence-electron chi connectivity index (χ0n) is 13.5. The van der Waals surface area contributed by atoms with E-state index in [0.29, 0.717) is 11.3 Å². The van der Waals surface area contributed by atoms with Gasteiger partial charge in [-0.25, -0.2) is 0 Å². The summed E-state index contributed by atoms with van der Waals surface area (Å²) in [6.07, 6.45) is -0.219. The normalized spacial score (nSPS) is 10.9. The van der Waals surface area contributed by atoms with E-state index in [1.54, 1.807) is 24.3 Å². The minimum atomic E-state index is -0.553. The summed E-state index contributed by atoms with van der Waals surface area (Å²) in [6, 6.07) is 6.84. The van der Waals surface area contributed by atoms with Crippen LogP contribution < -0.4 is 4.74 Å². The van der Waals surface area contributed by atoms with Crippen LogP contribution in [0.2, 0.25) is 0 Å². The van der Waals surface area contributed by atoms with Crippen LogP contribution in [0.3, 0.4) is 0 Å². The molecule has 22 heavy (non-hydrogen) atoms. The Morgan fingerprint density at radius 1 is 1.00 bits per heavy atom. The molecule has 5 nitrogen and oxygen atoms in total. The van der Waals surface area contributed by atoms with Crippen molar-refractivity contribution in [3.8, 4) is 5.75 Å². The first-order chi connectivity index (χ1) is 10.2. The fraction of sp³-hybridized carbons (Fsp3) is 0.471. The van der Waals surface area contributed by atoms with E-state index >= 15 is 0 Å².